The zero-order chi connectivity index (χ0) is 20.4. The van der Waals surface area contributed by atoms with Crippen molar-refractivity contribution in [2.75, 3.05) is 6.54 Å². The first-order valence-electron chi connectivity index (χ1n) is 9.65. The molecule has 7 heteroatoms. The van der Waals surface area contributed by atoms with Gasteiger partial charge in [0.2, 0.25) is 5.89 Å². The largest absolute Gasteiger partial charge is 0.385 e. The van der Waals surface area contributed by atoms with E-state index in [1.165, 1.54) is 0 Å². The molecule has 3 N–H and O–H groups in total. The fourth-order valence-electron chi connectivity index (χ4n) is 3.49. The highest BCUT2D eigenvalue weighted by Crippen LogP contribution is 2.31. The number of amides is 1. The Balaban J connectivity index is 1.56. The molecule has 2 aromatic carbocycles. The summed E-state index contributed by atoms with van der Waals surface area (Å²) in [5, 5.41) is 19.8. The van der Waals surface area contributed by atoms with Crippen LogP contribution in [0.4, 0.5) is 0 Å². The minimum atomic E-state index is -0.787. The van der Waals surface area contributed by atoms with Crippen LogP contribution in [0.5, 0.6) is 0 Å². The van der Waals surface area contributed by atoms with Crippen molar-refractivity contribution in [2.24, 2.45) is 0 Å². The molecular formula is C22H23N4O3+. The average Bonchev–Trinajstić information content (AvgIpc) is 3.40. The van der Waals surface area contributed by atoms with Crippen LogP contribution in [0.3, 0.4) is 0 Å². The second kappa shape index (κ2) is 7.97. The highest BCUT2D eigenvalue weighted by Gasteiger charge is 2.40. The van der Waals surface area contributed by atoms with E-state index in [4.69, 9.17) is 9.93 Å². The smallest absolute Gasteiger partial charge is 0.255 e. The molecule has 1 fully saturated rings. The Kier molecular flexibility index (Phi) is 5.22. The Bertz CT molecular complexity index is 1010. The number of carbonyl (C=O) groups is 1. The van der Waals surface area contributed by atoms with Crippen molar-refractivity contribution < 1.29 is 19.8 Å². The summed E-state index contributed by atoms with van der Waals surface area (Å²) in [6, 6.07) is 17.1. The van der Waals surface area contributed by atoms with Crippen LogP contribution in [0.15, 0.2) is 59.1 Å². The molecule has 1 aliphatic heterocycles. The van der Waals surface area contributed by atoms with Crippen molar-refractivity contribution in [3.05, 3.63) is 71.9 Å². The summed E-state index contributed by atoms with van der Waals surface area (Å²) in [5.41, 5.74) is 3.38. The summed E-state index contributed by atoms with van der Waals surface area (Å²) in [4.78, 5) is 19.1. The number of rotatable bonds is 5. The van der Waals surface area contributed by atoms with Gasteiger partial charge in [0.15, 0.2) is 11.5 Å². The number of nitrogens with zero attached hydrogens (tertiary/aromatic N) is 3. The van der Waals surface area contributed by atoms with Crippen LogP contribution >= 0.6 is 0 Å². The van der Waals surface area contributed by atoms with Crippen LogP contribution in [0.1, 0.15) is 54.0 Å². The molecule has 0 saturated carbocycles. The molecule has 2 atom stereocenters. The summed E-state index contributed by atoms with van der Waals surface area (Å²) >= 11 is 0. The molecule has 4 rings (SSSR count). The number of nitrogens with two attached hydrogens (primary N) is 1. The van der Waals surface area contributed by atoms with Crippen molar-refractivity contribution >= 4 is 11.6 Å². The lowest BCUT2D eigenvalue weighted by Crippen LogP contribution is -2.42. The summed E-state index contributed by atoms with van der Waals surface area (Å²) < 4.78 is 5.33. The van der Waals surface area contributed by atoms with Crippen molar-refractivity contribution in [3.63, 3.8) is 0 Å². The first kappa shape index (κ1) is 19.0. The highest BCUT2D eigenvalue weighted by molar-refractivity contribution is 5.99. The highest BCUT2D eigenvalue weighted by atomic mass is 16.5. The van der Waals surface area contributed by atoms with Crippen LogP contribution < -0.4 is 5.41 Å². The van der Waals surface area contributed by atoms with Gasteiger partial charge in [-0.2, -0.15) is 4.98 Å². The van der Waals surface area contributed by atoms with E-state index in [0.29, 0.717) is 36.6 Å². The van der Waals surface area contributed by atoms with Gasteiger partial charge < -0.3 is 14.5 Å². The van der Waals surface area contributed by atoms with Gasteiger partial charge in [0, 0.05) is 5.56 Å². The van der Waals surface area contributed by atoms with Crippen LogP contribution in [-0.4, -0.2) is 38.3 Å². The predicted molar refractivity (Wildman–Crippen MR) is 107 cm³/mol. The average molecular weight is 391 g/mol. The Morgan fingerprint density at radius 1 is 1.21 bits per heavy atom. The standard InChI is InChI=1S/C22H22N4O3/c1-2-19(27)20-24-21(29-25-20)18-12-17(23)13-26(18)22(28)16-10-8-15(9-11-16)14-6-4-3-5-7-14/h3-11,18-19,23,27H,2,12-13H2,1H3/p+1/t18-,19?/m0/s1. The van der Waals surface area contributed by atoms with Crippen molar-refractivity contribution in [1.29, 1.82) is 0 Å². The van der Waals surface area contributed by atoms with Crippen molar-refractivity contribution in [2.45, 2.75) is 31.9 Å². The minimum Gasteiger partial charge on any atom is -0.385 e. The Morgan fingerprint density at radius 3 is 2.59 bits per heavy atom. The van der Waals surface area contributed by atoms with Gasteiger partial charge in [0.05, 0.1) is 6.42 Å². The first-order chi connectivity index (χ1) is 14.1. The van der Waals surface area contributed by atoms with Crippen LogP contribution in [0.25, 0.3) is 11.1 Å². The lowest BCUT2D eigenvalue weighted by molar-refractivity contribution is -0.116. The lowest BCUT2D eigenvalue weighted by Gasteiger charge is -2.20. The number of aliphatic hydroxyl groups is 1. The fourth-order valence-corrected chi connectivity index (χ4v) is 3.49. The number of benzene rings is 2. The monoisotopic (exact) mass is 391 g/mol. The quantitative estimate of drug-likeness (QED) is 0.692. The lowest BCUT2D eigenvalue weighted by atomic mass is 10.0. The molecular weight excluding hydrogens is 368 g/mol. The second-order valence-corrected chi connectivity index (χ2v) is 7.17. The van der Waals surface area contributed by atoms with Crippen molar-refractivity contribution in [3.8, 4) is 11.1 Å². The fraction of sp³-hybridized carbons (Fsp3) is 0.273. The van der Waals surface area contributed by atoms with Crippen LogP contribution in [0.2, 0.25) is 0 Å². The topological polar surface area (TPSA) is 105 Å². The van der Waals surface area contributed by atoms with E-state index in [1.54, 1.807) is 4.90 Å². The van der Waals surface area contributed by atoms with E-state index in [0.717, 1.165) is 11.1 Å². The zero-order valence-corrected chi connectivity index (χ0v) is 16.2. The van der Waals surface area contributed by atoms with Gasteiger partial charge in [-0.15, -0.1) is 0 Å². The van der Waals surface area contributed by atoms with E-state index in [2.05, 4.69) is 10.1 Å². The number of hydrogen-bond donors (Lipinski definition) is 2. The summed E-state index contributed by atoms with van der Waals surface area (Å²) in [6.07, 6.45) is 0.149. The number of hydrogen-bond acceptors (Lipinski definition) is 5. The van der Waals surface area contributed by atoms with Gasteiger partial charge in [-0.25, -0.2) is 0 Å². The number of carbonyl (C=O) groups excluding carboxylic acids is 1. The van der Waals surface area contributed by atoms with Gasteiger partial charge in [-0.05, 0) is 29.7 Å². The molecule has 1 unspecified atom stereocenters. The third-order valence-corrected chi connectivity index (χ3v) is 5.13. The van der Waals surface area contributed by atoms with E-state index in [1.807, 2.05) is 61.5 Å². The van der Waals surface area contributed by atoms with E-state index >= 15 is 0 Å². The zero-order valence-electron chi connectivity index (χ0n) is 16.2. The Hall–Kier alpha value is -3.32. The molecule has 0 spiro atoms. The number of likely N-dealkylation sites (tertiary alicyclic amines) is 1. The molecule has 3 aromatic rings. The van der Waals surface area contributed by atoms with E-state index < -0.39 is 12.1 Å². The normalized spacial score (nSPS) is 17.5. The molecule has 7 nitrogen and oxygen atoms in total. The van der Waals surface area contributed by atoms with Gasteiger partial charge >= 0.3 is 0 Å². The summed E-state index contributed by atoms with van der Waals surface area (Å²) in [7, 11) is 0. The maximum atomic E-state index is 13.1. The van der Waals surface area contributed by atoms with Gasteiger partial charge in [0.1, 0.15) is 18.7 Å². The number of aliphatic hydroxyl groups excluding tert-OH is 1. The predicted octanol–water partition coefficient (Wildman–Crippen LogP) is 1.97. The molecule has 29 heavy (non-hydrogen) atoms. The molecule has 0 bridgehead atoms. The molecule has 1 saturated heterocycles. The molecule has 0 aliphatic carbocycles. The van der Waals surface area contributed by atoms with E-state index in [9.17, 15) is 9.90 Å². The third-order valence-electron chi connectivity index (χ3n) is 5.13. The maximum absolute atomic E-state index is 13.1. The molecule has 148 valence electrons. The molecule has 2 heterocycles. The molecule has 1 aliphatic rings. The summed E-state index contributed by atoms with van der Waals surface area (Å²) in [5.74, 6) is 0.376. The molecule has 1 amide bonds. The molecule has 0 radical (unpaired) electrons. The van der Waals surface area contributed by atoms with Gasteiger partial charge in [0.25, 0.3) is 5.91 Å². The minimum absolute atomic E-state index is 0.147. The second-order valence-electron chi connectivity index (χ2n) is 7.17. The van der Waals surface area contributed by atoms with Crippen LogP contribution in [0, 0.1) is 0 Å². The van der Waals surface area contributed by atoms with Gasteiger partial charge in [-0.3, -0.25) is 10.2 Å². The molecule has 1 aromatic heterocycles. The Morgan fingerprint density at radius 2 is 1.90 bits per heavy atom. The SMILES string of the molecule is CCC(O)c1noc([C@@H]2CC(=[NH2+])CN2C(=O)c2ccc(-c3ccccc3)cc2)n1. The maximum Gasteiger partial charge on any atom is 0.255 e. The first-order valence-corrected chi connectivity index (χ1v) is 9.65. The van der Waals surface area contributed by atoms with Crippen molar-refractivity contribution in [1.82, 2.24) is 15.0 Å². The Labute approximate surface area is 168 Å². The third kappa shape index (κ3) is 3.82. The number of aromatic nitrogens is 2. The van der Waals surface area contributed by atoms with Crippen LogP contribution in [-0.2, 0) is 0 Å². The summed E-state index contributed by atoms with van der Waals surface area (Å²) in [6.45, 7) is 2.16. The van der Waals surface area contributed by atoms with Gasteiger partial charge in [-0.1, -0.05) is 54.5 Å². The van der Waals surface area contributed by atoms with E-state index in [-0.39, 0.29) is 11.7 Å².